The van der Waals surface area contributed by atoms with Gasteiger partial charge in [-0.25, -0.2) is 4.98 Å². The molecule has 1 atom stereocenters. The number of carbonyl (C=O) groups is 2. The quantitative estimate of drug-likeness (QED) is 0.327. The van der Waals surface area contributed by atoms with Crippen LogP contribution >= 0.6 is 0 Å². The molecule has 2 aromatic heterocycles. The van der Waals surface area contributed by atoms with Crippen molar-refractivity contribution in [2.75, 3.05) is 26.2 Å². The van der Waals surface area contributed by atoms with Crippen LogP contribution < -0.4 is 0 Å². The second kappa shape index (κ2) is 9.07. The molecule has 8 nitrogen and oxygen atoms in total. The fourth-order valence-electron chi connectivity index (χ4n) is 4.43. The van der Waals surface area contributed by atoms with Crippen LogP contribution in [0.5, 0.6) is 5.75 Å². The number of carbonyl (C=O) groups excluding carboxylic acids is 2. The predicted molar refractivity (Wildman–Crippen MR) is 125 cm³/mol. The number of phenols is 1. The van der Waals surface area contributed by atoms with Gasteiger partial charge in [0.15, 0.2) is 5.76 Å². The van der Waals surface area contributed by atoms with E-state index in [2.05, 4.69) is 9.88 Å². The highest BCUT2D eigenvalue weighted by atomic mass is 16.3. The van der Waals surface area contributed by atoms with Gasteiger partial charge in [0.1, 0.15) is 17.1 Å². The van der Waals surface area contributed by atoms with Crippen molar-refractivity contribution in [3.05, 3.63) is 71.2 Å². The summed E-state index contributed by atoms with van der Waals surface area (Å²) in [4.78, 5) is 34.5. The normalized spacial score (nSPS) is 18.1. The number of likely N-dealkylation sites (N-methyl/N-ethyl adjacent to an activating group) is 1. The number of fused-ring (bicyclic) bond motifs is 1. The first-order valence-electron chi connectivity index (χ1n) is 11.1. The van der Waals surface area contributed by atoms with Gasteiger partial charge in [0.2, 0.25) is 0 Å². The van der Waals surface area contributed by atoms with E-state index in [1.54, 1.807) is 29.7 Å². The number of pyridine rings is 1. The third kappa shape index (κ3) is 3.98. The Morgan fingerprint density at radius 2 is 1.79 bits per heavy atom. The summed E-state index contributed by atoms with van der Waals surface area (Å²) in [5, 5.41) is 21.2. The third-order valence-corrected chi connectivity index (χ3v) is 6.23. The molecule has 1 saturated heterocycles. The minimum absolute atomic E-state index is 0.0268. The number of nitrogens with zero attached hydrogens (tertiary/aromatic N) is 4. The van der Waals surface area contributed by atoms with E-state index in [0.29, 0.717) is 35.7 Å². The number of imidazole rings is 1. The molecule has 3 heterocycles. The molecule has 2 N–H and O–H groups in total. The van der Waals surface area contributed by atoms with Crippen LogP contribution in [0.25, 0.3) is 11.4 Å². The molecule has 1 aromatic carbocycles. The first-order chi connectivity index (χ1) is 15.9. The van der Waals surface area contributed by atoms with Gasteiger partial charge in [0.25, 0.3) is 11.7 Å². The van der Waals surface area contributed by atoms with Gasteiger partial charge < -0.3 is 20.0 Å². The Hall–Kier alpha value is -3.65. The van der Waals surface area contributed by atoms with Crippen molar-refractivity contribution < 1.29 is 19.8 Å². The maximum absolute atomic E-state index is 13.2. The lowest BCUT2D eigenvalue weighted by molar-refractivity contribution is -0.140. The van der Waals surface area contributed by atoms with Crippen molar-refractivity contribution in [3.63, 3.8) is 0 Å². The zero-order valence-corrected chi connectivity index (χ0v) is 19.0. The van der Waals surface area contributed by atoms with E-state index in [9.17, 15) is 19.8 Å². The number of hydrogen-bond acceptors (Lipinski definition) is 6. The number of amides is 1. The van der Waals surface area contributed by atoms with E-state index < -0.39 is 17.7 Å². The topological polar surface area (TPSA) is 98.4 Å². The molecule has 0 saturated carbocycles. The third-order valence-electron chi connectivity index (χ3n) is 6.23. The fourth-order valence-corrected chi connectivity index (χ4v) is 4.43. The summed E-state index contributed by atoms with van der Waals surface area (Å²) in [6, 6.07) is 11.1. The lowest BCUT2D eigenvalue weighted by atomic mass is 9.96. The van der Waals surface area contributed by atoms with E-state index in [1.807, 2.05) is 32.0 Å². The second-order valence-electron chi connectivity index (χ2n) is 8.09. The van der Waals surface area contributed by atoms with Crippen molar-refractivity contribution in [2.24, 2.45) is 0 Å². The Bertz CT molecular complexity index is 1220. The fraction of sp³-hybridized carbons (Fsp3) is 0.320. The van der Waals surface area contributed by atoms with Crippen molar-refractivity contribution in [2.45, 2.75) is 26.8 Å². The SMILES string of the molecule is CCN(CC)CCN1C(=O)C(=O)/C(=C(/O)c2c(C)nc3ccccn23)C1c1ccc(O)cc1. The van der Waals surface area contributed by atoms with Crippen LogP contribution in [-0.4, -0.2) is 67.3 Å². The average molecular weight is 449 g/mol. The standard InChI is InChI=1S/C25H28N4O4/c1-4-27(5-2)14-15-29-22(17-9-11-18(30)12-10-17)20(24(32)25(29)33)23(31)21-16(3)26-19-8-6-7-13-28(19)21/h6-13,22,30-31H,4-5,14-15H2,1-3H3/b23-20+. The zero-order chi connectivity index (χ0) is 23.7. The van der Waals surface area contributed by atoms with Gasteiger partial charge in [-0.15, -0.1) is 0 Å². The number of likely N-dealkylation sites (tertiary alicyclic amines) is 1. The summed E-state index contributed by atoms with van der Waals surface area (Å²) in [7, 11) is 0. The van der Waals surface area contributed by atoms with Gasteiger partial charge >= 0.3 is 0 Å². The molecular formula is C25H28N4O4. The molecule has 0 aliphatic carbocycles. The van der Waals surface area contributed by atoms with Crippen molar-refractivity contribution in [1.82, 2.24) is 19.2 Å². The lowest BCUT2D eigenvalue weighted by Gasteiger charge is -2.28. The summed E-state index contributed by atoms with van der Waals surface area (Å²) in [6.45, 7) is 8.43. The zero-order valence-electron chi connectivity index (χ0n) is 19.0. The van der Waals surface area contributed by atoms with E-state index in [-0.39, 0.29) is 17.1 Å². The Labute approximate surface area is 192 Å². The average Bonchev–Trinajstić information content (AvgIpc) is 3.28. The van der Waals surface area contributed by atoms with Crippen LogP contribution in [0.1, 0.15) is 36.8 Å². The lowest BCUT2D eigenvalue weighted by Crippen LogP contribution is -2.38. The molecule has 0 bridgehead atoms. The van der Waals surface area contributed by atoms with Gasteiger partial charge in [-0.05, 0) is 49.8 Å². The van der Waals surface area contributed by atoms with Crippen LogP contribution in [-0.2, 0) is 9.59 Å². The van der Waals surface area contributed by atoms with Gasteiger partial charge in [-0.2, -0.15) is 0 Å². The molecule has 3 aromatic rings. The Morgan fingerprint density at radius 1 is 1.09 bits per heavy atom. The maximum Gasteiger partial charge on any atom is 0.295 e. The van der Waals surface area contributed by atoms with Crippen LogP contribution in [0.2, 0.25) is 0 Å². The minimum Gasteiger partial charge on any atom is -0.508 e. The van der Waals surface area contributed by atoms with Crippen LogP contribution in [0.4, 0.5) is 0 Å². The summed E-state index contributed by atoms with van der Waals surface area (Å²) in [5.74, 6) is -1.55. The summed E-state index contributed by atoms with van der Waals surface area (Å²) < 4.78 is 1.71. The molecule has 0 radical (unpaired) electrons. The molecule has 1 fully saturated rings. The highest BCUT2D eigenvalue weighted by Gasteiger charge is 2.46. The number of rotatable bonds is 7. The number of aromatic hydroxyl groups is 1. The number of aromatic nitrogens is 2. The summed E-state index contributed by atoms with van der Waals surface area (Å²) in [6.07, 6.45) is 1.76. The van der Waals surface area contributed by atoms with E-state index >= 15 is 0 Å². The molecule has 1 unspecified atom stereocenters. The maximum atomic E-state index is 13.2. The number of hydrogen-bond donors (Lipinski definition) is 2. The largest absolute Gasteiger partial charge is 0.508 e. The van der Waals surface area contributed by atoms with E-state index in [0.717, 1.165) is 13.1 Å². The van der Waals surface area contributed by atoms with Crippen molar-refractivity contribution in [3.8, 4) is 5.75 Å². The predicted octanol–water partition coefficient (Wildman–Crippen LogP) is 3.11. The number of phenolic OH excluding ortho intramolecular Hbond substituents is 1. The summed E-state index contributed by atoms with van der Waals surface area (Å²) >= 11 is 0. The van der Waals surface area contributed by atoms with E-state index in [4.69, 9.17) is 0 Å². The van der Waals surface area contributed by atoms with E-state index in [1.165, 1.54) is 17.0 Å². The monoisotopic (exact) mass is 448 g/mol. The Morgan fingerprint density at radius 3 is 2.45 bits per heavy atom. The number of aliphatic hydroxyl groups is 1. The molecule has 33 heavy (non-hydrogen) atoms. The smallest absolute Gasteiger partial charge is 0.295 e. The van der Waals surface area contributed by atoms with Crippen LogP contribution in [0.15, 0.2) is 54.2 Å². The second-order valence-corrected chi connectivity index (χ2v) is 8.09. The first kappa shape index (κ1) is 22.5. The molecule has 4 rings (SSSR count). The number of benzene rings is 1. The first-order valence-corrected chi connectivity index (χ1v) is 11.1. The van der Waals surface area contributed by atoms with Gasteiger partial charge in [0, 0.05) is 19.3 Å². The molecule has 172 valence electrons. The number of ketones is 1. The molecule has 1 aliphatic rings. The Kier molecular flexibility index (Phi) is 6.20. The number of Topliss-reactive ketones (excluding diaryl/α,β-unsaturated/α-hetero) is 1. The molecule has 1 amide bonds. The summed E-state index contributed by atoms with van der Waals surface area (Å²) in [5.41, 5.74) is 2.24. The van der Waals surface area contributed by atoms with Gasteiger partial charge in [0.05, 0.1) is 17.3 Å². The van der Waals surface area contributed by atoms with Crippen LogP contribution in [0, 0.1) is 6.92 Å². The highest BCUT2D eigenvalue weighted by Crippen LogP contribution is 2.40. The highest BCUT2D eigenvalue weighted by molar-refractivity contribution is 6.46. The van der Waals surface area contributed by atoms with Gasteiger partial charge in [-0.3, -0.25) is 14.0 Å². The molecule has 1 aliphatic heterocycles. The van der Waals surface area contributed by atoms with Crippen molar-refractivity contribution in [1.29, 1.82) is 0 Å². The minimum atomic E-state index is -0.769. The van der Waals surface area contributed by atoms with Crippen LogP contribution in [0.3, 0.4) is 0 Å². The molecule has 0 spiro atoms. The number of aryl methyl sites for hydroxylation is 1. The molecular weight excluding hydrogens is 420 g/mol. The van der Waals surface area contributed by atoms with Gasteiger partial charge in [-0.1, -0.05) is 32.0 Å². The molecule has 8 heteroatoms. The van der Waals surface area contributed by atoms with Crippen molar-refractivity contribution >= 4 is 23.1 Å². The number of aliphatic hydroxyl groups excluding tert-OH is 1. The Balaban J connectivity index is 1.87.